The molecule has 0 bridgehead atoms. The number of hydrogen-bond acceptors (Lipinski definition) is 3. The highest BCUT2D eigenvalue weighted by atomic mass is 16.5. The Morgan fingerprint density at radius 2 is 1.67 bits per heavy atom. The Bertz CT molecular complexity index is 197. The lowest BCUT2D eigenvalue weighted by atomic mass is 9.93. The molecule has 108 valence electrons. The predicted octanol–water partition coefficient (Wildman–Crippen LogP) is 3.48. The van der Waals surface area contributed by atoms with Crippen molar-refractivity contribution in [3.05, 3.63) is 0 Å². The zero-order valence-corrected chi connectivity index (χ0v) is 12.7. The van der Waals surface area contributed by atoms with Crippen LogP contribution < -0.4 is 0 Å². The molecule has 0 radical (unpaired) electrons. The second-order valence-electron chi connectivity index (χ2n) is 5.38. The fourth-order valence-corrected chi connectivity index (χ4v) is 1.97. The maximum Gasteiger partial charge on any atom is 0.306 e. The van der Waals surface area contributed by atoms with Crippen LogP contribution in [0.25, 0.3) is 0 Å². The Kier molecular flexibility index (Phi) is 11.2. The summed E-state index contributed by atoms with van der Waals surface area (Å²) in [6.07, 6.45) is 7.79. The number of ether oxygens (including phenoxy) is 1. The van der Waals surface area contributed by atoms with Crippen LogP contribution in [0.1, 0.15) is 58.8 Å². The highest BCUT2D eigenvalue weighted by Gasteiger charge is 2.14. The molecule has 0 aromatic rings. The number of carbonyl (C=O) groups excluding carboxylic acids is 1. The van der Waals surface area contributed by atoms with Crippen molar-refractivity contribution in [3.63, 3.8) is 0 Å². The topological polar surface area (TPSA) is 29.5 Å². The zero-order chi connectivity index (χ0) is 13.8. The summed E-state index contributed by atoms with van der Waals surface area (Å²) >= 11 is 0. The fraction of sp³-hybridized carbons (Fsp3) is 0.933. The first-order chi connectivity index (χ1) is 8.60. The molecule has 3 heteroatoms. The highest BCUT2D eigenvalue weighted by molar-refractivity contribution is 5.69. The molecule has 0 saturated heterocycles. The third-order valence-corrected chi connectivity index (χ3v) is 3.19. The van der Waals surface area contributed by atoms with E-state index in [1.54, 1.807) is 0 Å². The first-order valence-corrected chi connectivity index (χ1v) is 7.40. The van der Waals surface area contributed by atoms with Gasteiger partial charge in [0.15, 0.2) is 0 Å². The van der Waals surface area contributed by atoms with Crippen LogP contribution in [0, 0.1) is 5.92 Å². The quantitative estimate of drug-likeness (QED) is 0.531. The van der Waals surface area contributed by atoms with E-state index in [1.165, 1.54) is 38.5 Å². The maximum atomic E-state index is 11.7. The fourth-order valence-electron chi connectivity index (χ4n) is 1.97. The molecule has 3 nitrogen and oxygen atoms in total. The van der Waals surface area contributed by atoms with E-state index in [4.69, 9.17) is 4.74 Å². The Labute approximate surface area is 113 Å². The van der Waals surface area contributed by atoms with E-state index in [0.717, 1.165) is 6.54 Å². The van der Waals surface area contributed by atoms with E-state index in [1.807, 2.05) is 19.0 Å². The SMILES string of the molecule is CCCCC(CCCC)CC(=O)OCCN(C)C. The van der Waals surface area contributed by atoms with Gasteiger partial charge in [-0.05, 0) is 32.9 Å². The van der Waals surface area contributed by atoms with E-state index in [9.17, 15) is 4.79 Å². The van der Waals surface area contributed by atoms with Crippen LogP contribution in [0.15, 0.2) is 0 Å². The number of carbonyl (C=O) groups is 1. The lowest BCUT2D eigenvalue weighted by molar-refractivity contribution is -0.145. The average Bonchev–Trinajstić information content (AvgIpc) is 2.32. The van der Waals surface area contributed by atoms with Crippen LogP contribution in [0.3, 0.4) is 0 Å². The van der Waals surface area contributed by atoms with Gasteiger partial charge in [-0.15, -0.1) is 0 Å². The summed E-state index contributed by atoms with van der Waals surface area (Å²) in [7, 11) is 3.97. The molecule has 0 N–H and O–H groups in total. The van der Waals surface area contributed by atoms with Gasteiger partial charge in [0.25, 0.3) is 0 Å². The molecule has 18 heavy (non-hydrogen) atoms. The van der Waals surface area contributed by atoms with Crippen LogP contribution >= 0.6 is 0 Å². The van der Waals surface area contributed by atoms with Crippen LogP contribution in [-0.2, 0) is 9.53 Å². The van der Waals surface area contributed by atoms with Gasteiger partial charge in [-0.1, -0.05) is 39.5 Å². The predicted molar refractivity (Wildman–Crippen MR) is 76.7 cm³/mol. The molecule has 0 rings (SSSR count). The molecule has 0 atom stereocenters. The molecular weight excluding hydrogens is 226 g/mol. The van der Waals surface area contributed by atoms with Crippen LogP contribution in [0.4, 0.5) is 0 Å². The third-order valence-electron chi connectivity index (χ3n) is 3.19. The zero-order valence-electron chi connectivity index (χ0n) is 12.7. The monoisotopic (exact) mass is 257 g/mol. The Morgan fingerprint density at radius 1 is 1.11 bits per heavy atom. The summed E-state index contributed by atoms with van der Waals surface area (Å²) in [4.78, 5) is 13.7. The van der Waals surface area contributed by atoms with Gasteiger partial charge in [-0.2, -0.15) is 0 Å². The molecule has 0 fully saturated rings. The molecule has 0 aliphatic heterocycles. The molecule has 0 aliphatic carbocycles. The van der Waals surface area contributed by atoms with E-state index in [-0.39, 0.29) is 5.97 Å². The second kappa shape index (κ2) is 11.5. The largest absolute Gasteiger partial charge is 0.464 e. The van der Waals surface area contributed by atoms with Crippen molar-refractivity contribution in [1.29, 1.82) is 0 Å². The summed E-state index contributed by atoms with van der Waals surface area (Å²) < 4.78 is 5.26. The molecule has 0 unspecified atom stereocenters. The number of esters is 1. The smallest absolute Gasteiger partial charge is 0.306 e. The van der Waals surface area contributed by atoms with Gasteiger partial charge >= 0.3 is 5.97 Å². The van der Waals surface area contributed by atoms with Crippen LogP contribution in [0.5, 0.6) is 0 Å². The number of hydrogen-bond donors (Lipinski definition) is 0. The Hall–Kier alpha value is -0.570. The number of unbranched alkanes of at least 4 members (excludes halogenated alkanes) is 2. The van der Waals surface area contributed by atoms with Gasteiger partial charge in [0, 0.05) is 13.0 Å². The summed E-state index contributed by atoms with van der Waals surface area (Å²) in [6, 6.07) is 0. The van der Waals surface area contributed by atoms with Crippen molar-refractivity contribution in [2.24, 2.45) is 5.92 Å². The van der Waals surface area contributed by atoms with Crippen molar-refractivity contribution in [1.82, 2.24) is 4.90 Å². The standard InChI is InChI=1S/C15H31NO2/c1-5-7-9-14(10-8-6-2)13-15(17)18-12-11-16(3)4/h14H,5-13H2,1-4H3. The summed E-state index contributed by atoms with van der Waals surface area (Å²) in [5, 5.41) is 0. The molecule has 0 amide bonds. The lowest BCUT2D eigenvalue weighted by Crippen LogP contribution is -2.21. The minimum atomic E-state index is -0.0194. The maximum absolute atomic E-state index is 11.7. The highest BCUT2D eigenvalue weighted by Crippen LogP contribution is 2.20. The normalized spacial score (nSPS) is 11.2. The van der Waals surface area contributed by atoms with E-state index in [0.29, 0.717) is 18.9 Å². The first-order valence-electron chi connectivity index (χ1n) is 7.40. The molecular formula is C15H31NO2. The Morgan fingerprint density at radius 3 is 2.11 bits per heavy atom. The summed E-state index contributed by atoms with van der Waals surface area (Å²) in [5.41, 5.74) is 0. The summed E-state index contributed by atoms with van der Waals surface area (Å²) in [5.74, 6) is 0.505. The van der Waals surface area contributed by atoms with Crippen molar-refractivity contribution in [3.8, 4) is 0 Å². The van der Waals surface area contributed by atoms with Crippen molar-refractivity contribution in [2.75, 3.05) is 27.2 Å². The van der Waals surface area contributed by atoms with E-state index < -0.39 is 0 Å². The number of nitrogens with zero attached hydrogens (tertiary/aromatic N) is 1. The first kappa shape index (κ1) is 17.4. The minimum Gasteiger partial charge on any atom is -0.464 e. The molecule has 0 aromatic carbocycles. The number of rotatable bonds is 11. The van der Waals surface area contributed by atoms with Gasteiger partial charge < -0.3 is 9.64 Å². The molecule has 0 saturated carbocycles. The lowest BCUT2D eigenvalue weighted by Gasteiger charge is -2.16. The van der Waals surface area contributed by atoms with Gasteiger partial charge in [-0.3, -0.25) is 4.79 Å². The van der Waals surface area contributed by atoms with Gasteiger partial charge in [0.1, 0.15) is 6.61 Å². The third kappa shape index (κ3) is 10.6. The summed E-state index contributed by atoms with van der Waals surface area (Å²) in [6.45, 7) is 5.72. The van der Waals surface area contributed by atoms with E-state index >= 15 is 0 Å². The van der Waals surface area contributed by atoms with Gasteiger partial charge in [0.05, 0.1) is 0 Å². The van der Waals surface area contributed by atoms with Crippen LogP contribution in [-0.4, -0.2) is 38.1 Å². The van der Waals surface area contributed by atoms with Crippen molar-refractivity contribution >= 4 is 5.97 Å². The number of likely N-dealkylation sites (N-methyl/N-ethyl adjacent to an activating group) is 1. The second-order valence-corrected chi connectivity index (χ2v) is 5.38. The molecule has 0 aliphatic rings. The molecule has 0 heterocycles. The van der Waals surface area contributed by atoms with Gasteiger partial charge in [-0.25, -0.2) is 0 Å². The van der Waals surface area contributed by atoms with Crippen molar-refractivity contribution in [2.45, 2.75) is 58.8 Å². The van der Waals surface area contributed by atoms with Crippen LogP contribution in [0.2, 0.25) is 0 Å². The van der Waals surface area contributed by atoms with Crippen molar-refractivity contribution < 1.29 is 9.53 Å². The molecule has 0 aromatic heterocycles. The van der Waals surface area contributed by atoms with Gasteiger partial charge in [0.2, 0.25) is 0 Å². The molecule has 0 spiro atoms. The van der Waals surface area contributed by atoms with E-state index in [2.05, 4.69) is 13.8 Å². The average molecular weight is 257 g/mol. The Balaban J connectivity index is 3.85. The minimum absolute atomic E-state index is 0.0194.